The Balaban J connectivity index is 1.95. The Morgan fingerprint density at radius 2 is 0.641 bits per heavy atom. The first-order chi connectivity index (χ1) is 18.2. The molecule has 0 unspecified atom stereocenters. The van der Waals surface area contributed by atoms with E-state index in [4.69, 9.17) is 4.74 Å². The summed E-state index contributed by atoms with van der Waals surface area (Å²) in [5, 5.41) is 0. The molecule has 0 aliphatic heterocycles. The second-order valence-electron chi connectivity index (χ2n) is 7.52. The summed E-state index contributed by atoms with van der Waals surface area (Å²) in [5.74, 6) is 1.21. The molecule has 0 saturated carbocycles. The zero-order valence-electron chi connectivity index (χ0n) is 18.0. The molecule has 39 heavy (non-hydrogen) atoms. The van der Waals surface area contributed by atoms with Crippen LogP contribution in [0.3, 0.4) is 0 Å². The highest BCUT2D eigenvalue weighted by molar-refractivity contribution is 9.16. The van der Waals surface area contributed by atoms with Crippen LogP contribution in [-0.2, 0) is 0 Å². The topological polar surface area (TPSA) is 9.23 Å². The fourth-order valence-electron chi connectivity index (χ4n) is 3.42. The molecule has 0 bridgehead atoms. The molecule has 0 heterocycles. The van der Waals surface area contributed by atoms with Crippen LogP contribution in [0.5, 0.6) is 11.5 Å². The van der Waals surface area contributed by atoms with Crippen molar-refractivity contribution >= 4 is 223 Å². The maximum Gasteiger partial charge on any atom is 0.143 e. The average molecular weight is 1430 g/mol. The summed E-state index contributed by atoms with van der Waals surface area (Å²) in [7, 11) is 0. The largest absolute Gasteiger partial charge is 0.455 e. The van der Waals surface area contributed by atoms with Crippen LogP contribution in [0.15, 0.2) is 86.9 Å². The van der Waals surface area contributed by atoms with Gasteiger partial charge in [-0.1, -0.05) is 31.9 Å². The summed E-state index contributed by atoms with van der Waals surface area (Å²) in [6.07, 6.45) is 0. The minimum Gasteiger partial charge on any atom is -0.455 e. The van der Waals surface area contributed by atoms with E-state index < -0.39 is 0 Å². The van der Waals surface area contributed by atoms with Gasteiger partial charge in [0.1, 0.15) is 11.5 Å². The lowest BCUT2D eigenvalue weighted by molar-refractivity contribution is 0.476. The number of hydrogen-bond donors (Lipinski definition) is 0. The van der Waals surface area contributed by atoms with Gasteiger partial charge in [0.2, 0.25) is 0 Å². The van der Waals surface area contributed by atoms with Gasteiger partial charge in [0.15, 0.2) is 0 Å². The minimum atomic E-state index is 0.605. The van der Waals surface area contributed by atoms with Gasteiger partial charge < -0.3 is 4.74 Å². The monoisotopic (exact) mass is 1410 g/mol. The van der Waals surface area contributed by atoms with Gasteiger partial charge in [-0.05, 0) is 215 Å². The first-order valence-corrected chi connectivity index (χ1v) is 21.0. The van der Waals surface area contributed by atoms with Crippen LogP contribution in [0.2, 0.25) is 0 Å². The van der Waals surface area contributed by atoms with E-state index in [1.54, 1.807) is 0 Å². The maximum absolute atomic E-state index is 6.60. The zero-order valence-corrected chi connectivity index (χ0v) is 40.2. The zero-order chi connectivity index (χ0) is 29.1. The predicted octanol–water partition coefficient (Wildman–Crippen LogP) is 17.5. The van der Waals surface area contributed by atoms with Gasteiger partial charge in [0.25, 0.3) is 0 Å². The van der Waals surface area contributed by atoms with Crippen LogP contribution >= 0.6 is 223 Å². The molecule has 0 aliphatic carbocycles. The number of rotatable bonds is 4. The highest BCUT2D eigenvalue weighted by Crippen LogP contribution is 2.54. The average Bonchev–Trinajstić information content (AvgIpc) is 2.88. The first-order valence-electron chi connectivity index (χ1n) is 9.86. The van der Waals surface area contributed by atoms with E-state index in [9.17, 15) is 0 Å². The third kappa shape index (κ3) is 7.06. The molecule has 4 aromatic rings. The normalized spacial score (nSPS) is 11.3. The van der Waals surface area contributed by atoms with Crippen molar-refractivity contribution in [1.82, 2.24) is 0 Å². The smallest absolute Gasteiger partial charge is 0.143 e. The van der Waals surface area contributed by atoms with E-state index in [2.05, 4.69) is 223 Å². The Hall–Kier alpha value is 3.40. The van der Waals surface area contributed by atoms with Crippen molar-refractivity contribution in [3.63, 3.8) is 0 Å². The second kappa shape index (κ2) is 14.4. The van der Waals surface area contributed by atoms with Gasteiger partial charge in [-0.25, -0.2) is 0 Å². The first kappa shape index (κ1) is 35.3. The molecule has 0 N–H and O–H groups in total. The third-order valence-electron chi connectivity index (χ3n) is 5.21. The van der Waals surface area contributed by atoms with Crippen molar-refractivity contribution in [2.24, 2.45) is 0 Å². The van der Waals surface area contributed by atoms with Crippen molar-refractivity contribution in [2.75, 3.05) is 0 Å². The molecule has 0 spiro atoms. The molecule has 0 fully saturated rings. The van der Waals surface area contributed by atoms with Crippen LogP contribution in [0, 0.1) is 0 Å². The summed E-state index contributed by atoms with van der Waals surface area (Å²) < 4.78 is 18.7. The number of hydrogen-bond acceptors (Lipinski definition) is 1. The predicted molar refractivity (Wildman–Crippen MR) is 212 cm³/mol. The standard InChI is InChI=1S/C24H4Br14O/c25-7-3-9(27)17(31)21(35)13(7)5-1-11(19(33)23(37)15(5)29)39-12-2-6(16(30)24(38)20(12)34)14-8(26)4-10(28)18(32)22(14)36/h1-4H. The lowest BCUT2D eigenvalue weighted by Gasteiger charge is -2.20. The molecule has 0 aromatic heterocycles. The van der Waals surface area contributed by atoms with Gasteiger partial charge in [-0.2, -0.15) is 0 Å². The van der Waals surface area contributed by atoms with Crippen LogP contribution in [0.1, 0.15) is 0 Å². The van der Waals surface area contributed by atoms with E-state index in [1.807, 2.05) is 24.3 Å². The fourth-order valence-corrected chi connectivity index (χ4v) is 12.3. The number of halogens is 14. The summed E-state index contributed by atoms with van der Waals surface area (Å²) in [6.45, 7) is 0. The van der Waals surface area contributed by atoms with Crippen LogP contribution in [-0.4, -0.2) is 0 Å². The van der Waals surface area contributed by atoms with E-state index in [1.165, 1.54) is 0 Å². The van der Waals surface area contributed by atoms with E-state index >= 15 is 0 Å². The Kier molecular flexibility index (Phi) is 13.1. The van der Waals surface area contributed by atoms with Crippen molar-refractivity contribution < 1.29 is 4.74 Å². The molecule has 0 atom stereocenters. The van der Waals surface area contributed by atoms with Crippen molar-refractivity contribution in [3.05, 3.63) is 86.9 Å². The van der Waals surface area contributed by atoms with Gasteiger partial charge >= 0.3 is 0 Å². The molecule has 4 aromatic carbocycles. The summed E-state index contributed by atoms with van der Waals surface area (Å²) in [4.78, 5) is 0. The van der Waals surface area contributed by atoms with E-state index in [0.29, 0.717) is 11.5 Å². The van der Waals surface area contributed by atoms with Gasteiger partial charge in [-0.3, -0.25) is 0 Å². The molecule has 0 aliphatic rings. The Bertz CT molecular complexity index is 1560. The molecule has 0 amide bonds. The van der Waals surface area contributed by atoms with Crippen LogP contribution < -0.4 is 4.74 Å². The lowest BCUT2D eigenvalue weighted by atomic mass is 10.0. The van der Waals surface area contributed by atoms with Crippen molar-refractivity contribution in [2.45, 2.75) is 0 Å². The molecule has 204 valence electrons. The van der Waals surface area contributed by atoms with E-state index in [-0.39, 0.29) is 0 Å². The molecular formula is C24H4Br14O. The number of ether oxygens (including phenoxy) is 1. The Labute approximate surface area is 342 Å². The fraction of sp³-hybridized carbons (Fsp3) is 0. The maximum atomic E-state index is 6.60. The third-order valence-corrected chi connectivity index (χ3v) is 20.0. The van der Waals surface area contributed by atoms with E-state index in [0.717, 1.165) is 84.9 Å². The summed E-state index contributed by atoms with van der Waals surface area (Å²) in [5.41, 5.74) is 3.70. The van der Waals surface area contributed by atoms with Crippen LogP contribution in [0.4, 0.5) is 0 Å². The van der Waals surface area contributed by atoms with Crippen molar-refractivity contribution in [1.29, 1.82) is 0 Å². The molecule has 4 rings (SSSR count). The Morgan fingerprint density at radius 3 is 0.974 bits per heavy atom. The second-order valence-corrected chi connectivity index (χ2v) is 18.9. The van der Waals surface area contributed by atoms with Gasteiger partial charge in [0.05, 0.1) is 17.9 Å². The summed E-state index contributed by atoms with van der Waals surface area (Å²) >= 11 is 51.8. The summed E-state index contributed by atoms with van der Waals surface area (Å²) in [6, 6.07) is 7.95. The SMILES string of the molecule is Brc1cc(Br)c(-c2cc(Oc3cc(-c4c(Br)cc(Br)c(Br)c4Br)c(Br)c(Br)c3Br)c(Br)c(Br)c2Br)c(Br)c1Br. The van der Waals surface area contributed by atoms with Crippen LogP contribution in [0.25, 0.3) is 22.3 Å². The molecule has 15 heteroatoms. The minimum absolute atomic E-state index is 0.605. The molecule has 1 nitrogen and oxygen atoms in total. The number of benzene rings is 4. The molecule has 0 saturated heterocycles. The highest BCUT2D eigenvalue weighted by atomic mass is 79.9. The Morgan fingerprint density at radius 1 is 0.308 bits per heavy atom. The molecule has 0 radical (unpaired) electrons. The lowest BCUT2D eigenvalue weighted by Crippen LogP contribution is -1.95. The van der Waals surface area contributed by atoms with Gasteiger partial charge in [0, 0.05) is 67.0 Å². The van der Waals surface area contributed by atoms with Crippen molar-refractivity contribution in [3.8, 4) is 33.8 Å². The molecular weight excluding hydrogens is 1420 g/mol. The highest BCUT2D eigenvalue weighted by Gasteiger charge is 2.25. The quantitative estimate of drug-likeness (QED) is 0.146. The van der Waals surface area contributed by atoms with Gasteiger partial charge in [-0.15, -0.1) is 0 Å².